The van der Waals surface area contributed by atoms with Crippen molar-refractivity contribution in [2.45, 2.75) is 31.9 Å². The summed E-state index contributed by atoms with van der Waals surface area (Å²) >= 11 is 3.16. The lowest BCUT2D eigenvalue weighted by atomic mass is 10.3. The molecular formula is C10H15NO2S2. The van der Waals surface area contributed by atoms with Crippen LogP contribution in [-0.4, -0.2) is 27.1 Å². The van der Waals surface area contributed by atoms with Crippen molar-refractivity contribution in [1.82, 2.24) is 4.98 Å². The van der Waals surface area contributed by atoms with E-state index in [4.69, 9.17) is 5.11 Å². The molecule has 0 saturated heterocycles. The Labute approximate surface area is 97.9 Å². The van der Waals surface area contributed by atoms with Crippen LogP contribution in [0, 0.1) is 6.92 Å². The highest BCUT2D eigenvalue weighted by atomic mass is 32.2. The molecule has 0 spiro atoms. The normalized spacial score (nSPS) is 12.7. The van der Waals surface area contributed by atoms with Gasteiger partial charge in [-0.25, -0.2) is 4.98 Å². The van der Waals surface area contributed by atoms with Crippen molar-refractivity contribution in [1.29, 1.82) is 0 Å². The van der Waals surface area contributed by atoms with Crippen molar-refractivity contribution in [2.24, 2.45) is 0 Å². The maximum Gasteiger partial charge on any atom is 0.316 e. The van der Waals surface area contributed by atoms with Gasteiger partial charge in [0.1, 0.15) is 5.25 Å². The summed E-state index contributed by atoms with van der Waals surface area (Å²) in [6.07, 6.45) is 1.60. The van der Waals surface area contributed by atoms with Gasteiger partial charge in [-0.3, -0.25) is 4.79 Å². The van der Waals surface area contributed by atoms with Crippen molar-refractivity contribution in [2.75, 3.05) is 5.75 Å². The van der Waals surface area contributed by atoms with E-state index in [9.17, 15) is 4.79 Å². The number of aliphatic carboxylic acids is 1. The van der Waals surface area contributed by atoms with Gasteiger partial charge in [-0.05, 0) is 25.5 Å². The quantitative estimate of drug-likeness (QED) is 0.837. The topological polar surface area (TPSA) is 50.2 Å². The van der Waals surface area contributed by atoms with E-state index >= 15 is 0 Å². The number of rotatable bonds is 6. The molecule has 0 amide bonds. The minimum absolute atomic E-state index is 0.266. The van der Waals surface area contributed by atoms with Gasteiger partial charge in [0.05, 0.1) is 11.2 Å². The fourth-order valence-electron chi connectivity index (χ4n) is 1.22. The first-order valence-electron chi connectivity index (χ1n) is 4.88. The zero-order valence-corrected chi connectivity index (χ0v) is 10.5. The summed E-state index contributed by atoms with van der Waals surface area (Å²) in [7, 11) is 0. The first kappa shape index (κ1) is 12.5. The van der Waals surface area contributed by atoms with Crippen LogP contribution in [0.15, 0.2) is 5.51 Å². The van der Waals surface area contributed by atoms with Crippen LogP contribution in [0.5, 0.6) is 0 Å². The highest BCUT2D eigenvalue weighted by Crippen LogP contribution is 2.19. The van der Waals surface area contributed by atoms with E-state index < -0.39 is 5.97 Å². The molecule has 1 rings (SSSR count). The molecule has 0 aliphatic carbocycles. The molecule has 84 valence electrons. The summed E-state index contributed by atoms with van der Waals surface area (Å²) in [4.78, 5) is 16.2. The van der Waals surface area contributed by atoms with Gasteiger partial charge in [0.15, 0.2) is 0 Å². The molecular weight excluding hydrogens is 230 g/mol. The SMILES string of the molecule is CCC(SCCc1scnc1C)C(=O)O. The fraction of sp³-hybridized carbons (Fsp3) is 0.600. The van der Waals surface area contributed by atoms with Crippen molar-refractivity contribution in [3.8, 4) is 0 Å². The van der Waals surface area contributed by atoms with Gasteiger partial charge in [-0.15, -0.1) is 23.1 Å². The molecule has 0 aliphatic heterocycles. The summed E-state index contributed by atoms with van der Waals surface area (Å²) in [5, 5.41) is 8.59. The highest BCUT2D eigenvalue weighted by Gasteiger charge is 2.15. The van der Waals surface area contributed by atoms with Gasteiger partial charge in [-0.2, -0.15) is 0 Å². The fourth-order valence-corrected chi connectivity index (χ4v) is 3.12. The summed E-state index contributed by atoms with van der Waals surface area (Å²) < 4.78 is 0. The number of nitrogens with zero attached hydrogens (tertiary/aromatic N) is 1. The van der Waals surface area contributed by atoms with Gasteiger partial charge in [0.25, 0.3) is 0 Å². The third kappa shape index (κ3) is 3.83. The number of thioether (sulfide) groups is 1. The molecule has 1 heterocycles. The number of aromatic nitrogens is 1. The zero-order chi connectivity index (χ0) is 11.3. The van der Waals surface area contributed by atoms with Crippen LogP contribution in [0.25, 0.3) is 0 Å². The molecule has 1 N–H and O–H groups in total. The average molecular weight is 245 g/mol. The molecule has 1 unspecified atom stereocenters. The summed E-state index contributed by atoms with van der Waals surface area (Å²) in [5.74, 6) is 0.150. The lowest BCUT2D eigenvalue weighted by Crippen LogP contribution is -2.15. The zero-order valence-electron chi connectivity index (χ0n) is 8.90. The molecule has 0 radical (unpaired) electrons. The minimum Gasteiger partial charge on any atom is -0.480 e. The number of thiazole rings is 1. The maximum absolute atomic E-state index is 10.8. The summed E-state index contributed by atoms with van der Waals surface area (Å²) in [6.45, 7) is 3.90. The lowest BCUT2D eigenvalue weighted by Gasteiger charge is -2.08. The molecule has 1 aromatic heterocycles. The van der Waals surface area contributed by atoms with Crippen LogP contribution in [0.1, 0.15) is 23.9 Å². The van der Waals surface area contributed by atoms with Crippen LogP contribution in [0.2, 0.25) is 0 Å². The van der Waals surface area contributed by atoms with Gasteiger partial charge in [-0.1, -0.05) is 6.92 Å². The van der Waals surface area contributed by atoms with E-state index in [2.05, 4.69) is 4.98 Å². The van der Waals surface area contributed by atoms with Crippen molar-refractivity contribution in [3.05, 3.63) is 16.1 Å². The van der Waals surface area contributed by atoms with Crippen molar-refractivity contribution in [3.63, 3.8) is 0 Å². The van der Waals surface area contributed by atoms with Crippen LogP contribution in [0.4, 0.5) is 0 Å². The third-order valence-electron chi connectivity index (χ3n) is 2.14. The Bertz CT molecular complexity index is 325. The molecule has 0 aliphatic rings. The third-order valence-corrected chi connectivity index (χ3v) is 4.51. The molecule has 1 atom stereocenters. The largest absolute Gasteiger partial charge is 0.480 e. The minimum atomic E-state index is -0.705. The van der Waals surface area contributed by atoms with E-state index in [1.807, 2.05) is 19.4 Å². The molecule has 0 aromatic carbocycles. The molecule has 15 heavy (non-hydrogen) atoms. The average Bonchev–Trinajstić information content (AvgIpc) is 2.58. The van der Waals surface area contributed by atoms with Crippen LogP contribution >= 0.6 is 23.1 Å². The number of aryl methyl sites for hydroxylation is 2. The number of hydrogen-bond donors (Lipinski definition) is 1. The second kappa shape index (κ2) is 6.12. The monoisotopic (exact) mass is 245 g/mol. The molecule has 3 nitrogen and oxygen atoms in total. The molecule has 0 bridgehead atoms. The van der Waals surface area contributed by atoms with E-state index in [1.54, 1.807) is 11.3 Å². The first-order valence-corrected chi connectivity index (χ1v) is 6.81. The van der Waals surface area contributed by atoms with E-state index in [0.717, 1.165) is 17.9 Å². The molecule has 1 aromatic rings. The Balaban J connectivity index is 2.33. The molecule has 0 saturated carbocycles. The summed E-state index contributed by atoms with van der Waals surface area (Å²) in [6, 6.07) is 0. The lowest BCUT2D eigenvalue weighted by molar-refractivity contribution is -0.136. The van der Waals surface area contributed by atoms with Crippen LogP contribution in [0.3, 0.4) is 0 Å². The Hall–Kier alpha value is -0.550. The number of carboxylic acids is 1. The Morgan fingerprint density at radius 3 is 2.93 bits per heavy atom. The Morgan fingerprint density at radius 2 is 2.47 bits per heavy atom. The highest BCUT2D eigenvalue weighted by molar-refractivity contribution is 8.00. The number of carboxylic acid groups (broad SMARTS) is 1. The van der Waals surface area contributed by atoms with Gasteiger partial charge in [0, 0.05) is 4.88 Å². The second-order valence-corrected chi connectivity index (χ2v) is 5.47. The second-order valence-electron chi connectivity index (χ2n) is 3.22. The van der Waals surface area contributed by atoms with Crippen LogP contribution in [-0.2, 0) is 11.2 Å². The predicted molar refractivity (Wildman–Crippen MR) is 64.7 cm³/mol. The molecule has 0 fully saturated rings. The van der Waals surface area contributed by atoms with Gasteiger partial charge < -0.3 is 5.11 Å². The standard InChI is InChI=1S/C10H15NO2S2/c1-3-8(10(12)13)14-5-4-9-7(2)11-6-15-9/h6,8H,3-5H2,1-2H3,(H,12,13). The van der Waals surface area contributed by atoms with E-state index in [-0.39, 0.29) is 5.25 Å². The van der Waals surface area contributed by atoms with Crippen molar-refractivity contribution < 1.29 is 9.90 Å². The van der Waals surface area contributed by atoms with E-state index in [0.29, 0.717) is 6.42 Å². The van der Waals surface area contributed by atoms with Crippen molar-refractivity contribution >= 4 is 29.1 Å². The summed E-state index contributed by atoms with van der Waals surface area (Å²) in [5.41, 5.74) is 2.91. The molecule has 5 heteroatoms. The van der Waals surface area contributed by atoms with Gasteiger partial charge >= 0.3 is 5.97 Å². The predicted octanol–water partition coefficient (Wildman–Crippen LogP) is 2.59. The first-order chi connectivity index (χ1) is 7.15. The Kier molecular flexibility index (Phi) is 5.11. The van der Waals surface area contributed by atoms with Gasteiger partial charge in [0.2, 0.25) is 0 Å². The van der Waals surface area contributed by atoms with E-state index in [1.165, 1.54) is 16.6 Å². The maximum atomic E-state index is 10.8. The Morgan fingerprint density at radius 1 is 1.73 bits per heavy atom. The smallest absolute Gasteiger partial charge is 0.316 e. The van der Waals surface area contributed by atoms with Crippen LogP contribution < -0.4 is 0 Å². The number of carbonyl (C=O) groups is 1. The number of hydrogen-bond acceptors (Lipinski definition) is 4.